The number of rotatable bonds is 6. The third-order valence-electron chi connectivity index (χ3n) is 6.49. The number of aliphatic imine (C=N–C) groups is 4. The molecule has 0 aromatic rings. The summed E-state index contributed by atoms with van der Waals surface area (Å²) in [6.07, 6.45) is 16.0. The SMILES string of the molecule is CCOC(=O)C1=C2C=CC(=N2)C(CC)=C2C=CC(=N2)C(C(=O)OCC)=C2C=CC(=N2)C(CC)=C2C=CC1=N2. The van der Waals surface area contributed by atoms with Crippen molar-refractivity contribution >= 4 is 34.8 Å². The van der Waals surface area contributed by atoms with Crippen LogP contribution in [0.4, 0.5) is 0 Å². The summed E-state index contributed by atoms with van der Waals surface area (Å²) in [5, 5.41) is 0. The summed E-state index contributed by atoms with van der Waals surface area (Å²) < 4.78 is 10.8. The number of fused-ring (bicyclic) bond motifs is 4. The number of allylic oxidation sites excluding steroid dienone is 10. The van der Waals surface area contributed by atoms with E-state index in [1.54, 1.807) is 38.2 Å². The van der Waals surface area contributed by atoms with Crippen molar-refractivity contribution in [3.8, 4) is 0 Å². The van der Waals surface area contributed by atoms with Crippen molar-refractivity contribution in [3.63, 3.8) is 0 Å². The normalized spacial score (nSPS) is 19.5. The Balaban J connectivity index is 1.80. The highest BCUT2D eigenvalue weighted by Gasteiger charge is 2.29. The van der Waals surface area contributed by atoms with Gasteiger partial charge in [0.15, 0.2) is 0 Å². The van der Waals surface area contributed by atoms with Crippen LogP contribution in [0.2, 0.25) is 0 Å². The molecule has 0 fully saturated rings. The molecule has 0 unspecified atom stereocenters. The van der Waals surface area contributed by atoms with Gasteiger partial charge in [-0.1, -0.05) is 13.8 Å². The first-order valence-electron chi connectivity index (χ1n) is 12.9. The molecule has 5 aliphatic heterocycles. The lowest BCUT2D eigenvalue weighted by Gasteiger charge is -2.10. The van der Waals surface area contributed by atoms with Crippen molar-refractivity contribution < 1.29 is 19.1 Å². The van der Waals surface area contributed by atoms with Crippen LogP contribution in [0.5, 0.6) is 0 Å². The Labute approximate surface area is 221 Å². The Morgan fingerprint density at radius 1 is 0.526 bits per heavy atom. The van der Waals surface area contributed by atoms with E-state index < -0.39 is 11.9 Å². The quantitative estimate of drug-likeness (QED) is 0.471. The van der Waals surface area contributed by atoms with E-state index in [-0.39, 0.29) is 13.2 Å². The molecule has 8 nitrogen and oxygen atoms in total. The van der Waals surface area contributed by atoms with Crippen molar-refractivity contribution in [2.45, 2.75) is 40.5 Å². The van der Waals surface area contributed by atoms with E-state index in [0.717, 1.165) is 11.1 Å². The van der Waals surface area contributed by atoms with E-state index >= 15 is 0 Å². The first kappa shape index (κ1) is 25.2. The lowest BCUT2D eigenvalue weighted by molar-refractivity contribution is -0.138. The average Bonchev–Trinajstić information content (AvgIpc) is 3.70. The third-order valence-corrected chi connectivity index (χ3v) is 6.49. The van der Waals surface area contributed by atoms with Gasteiger partial charge < -0.3 is 9.47 Å². The zero-order valence-electron chi connectivity index (χ0n) is 21.9. The molecule has 38 heavy (non-hydrogen) atoms. The van der Waals surface area contributed by atoms with Gasteiger partial charge in [-0.25, -0.2) is 29.6 Å². The number of esters is 2. The Hall–Kier alpha value is -4.46. The first-order chi connectivity index (χ1) is 18.5. The molecule has 192 valence electrons. The van der Waals surface area contributed by atoms with E-state index in [1.807, 2.05) is 38.2 Å². The maximum Gasteiger partial charge on any atom is 0.342 e. The summed E-state index contributed by atoms with van der Waals surface area (Å²) in [4.78, 5) is 45.4. The summed E-state index contributed by atoms with van der Waals surface area (Å²) in [7, 11) is 0. The van der Waals surface area contributed by atoms with Crippen LogP contribution in [0, 0.1) is 0 Å². The second-order valence-electron chi connectivity index (χ2n) is 8.72. The number of nitrogens with zero attached hydrogens (tertiary/aromatic N) is 4. The maximum atomic E-state index is 13.1. The van der Waals surface area contributed by atoms with Crippen molar-refractivity contribution in [2.75, 3.05) is 13.2 Å². The highest BCUT2D eigenvalue weighted by atomic mass is 16.5. The fourth-order valence-electron chi connectivity index (χ4n) is 4.75. The molecule has 0 aliphatic carbocycles. The molecule has 0 atom stereocenters. The fraction of sp³-hybridized carbons (Fsp3) is 0.267. The van der Waals surface area contributed by atoms with Gasteiger partial charge in [0.1, 0.15) is 11.1 Å². The monoisotopic (exact) mass is 508 g/mol. The Morgan fingerprint density at radius 2 is 0.868 bits per heavy atom. The predicted molar refractivity (Wildman–Crippen MR) is 148 cm³/mol. The molecule has 0 aromatic heterocycles. The largest absolute Gasteiger partial charge is 0.462 e. The summed E-state index contributed by atoms with van der Waals surface area (Å²) >= 11 is 0. The number of carbonyl (C=O) groups is 2. The van der Waals surface area contributed by atoms with Crippen LogP contribution >= 0.6 is 0 Å². The molecule has 0 N–H and O–H groups in total. The van der Waals surface area contributed by atoms with Gasteiger partial charge in [0, 0.05) is 11.1 Å². The molecule has 8 bridgehead atoms. The van der Waals surface area contributed by atoms with Gasteiger partial charge in [0.2, 0.25) is 0 Å². The van der Waals surface area contributed by atoms with E-state index in [1.165, 1.54) is 0 Å². The van der Waals surface area contributed by atoms with Gasteiger partial charge in [0.05, 0.1) is 58.8 Å². The molecule has 0 amide bonds. The Bertz CT molecular complexity index is 1400. The van der Waals surface area contributed by atoms with Crippen molar-refractivity contribution in [3.05, 3.63) is 93.7 Å². The predicted octanol–water partition coefficient (Wildman–Crippen LogP) is 5.01. The number of ether oxygens (including phenoxy) is 2. The van der Waals surface area contributed by atoms with E-state index in [9.17, 15) is 9.59 Å². The minimum Gasteiger partial charge on any atom is -0.462 e. The van der Waals surface area contributed by atoms with Crippen LogP contribution in [0.3, 0.4) is 0 Å². The smallest absolute Gasteiger partial charge is 0.342 e. The lowest BCUT2D eigenvalue weighted by atomic mass is 10.1. The maximum absolute atomic E-state index is 13.1. The molecule has 0 spiro atoms. The van der Waals surface area contributed by atoms with Crippen molar-refractivity contribution in [1.82, 2.24) is 0 Å². The first-order valence-corrected chi connectivity index (χ1v) is 12.9. The van der Waals surface area contributed by atoms with E-state index in [0.29, 0.717) is 69.6 Å². The van der Waals surface area contributed by atoms with Gasteiger partial charge in [-0.2, -0.15) is 0 Å². The van der Waals surface area contributed by atoms with E-state index in [2.05, 4.69) is 0 Å². The molecule has 0 saturated carbocycles. The van der Waals surface area contributed by atoms with E-state index in [4.69, 9.17) is 29.4 Å². The fourth-order valence-corrected chi connectivity index (χ4v) is 4.75. The zero-order chi connectivity index (χ0) is 26.8. The molecule has 5 rings (SSSR count). The van der Waals surface area contributed by atoms with Crippen LogP contribution in [0.25, 0.3) is 0 Å². The number of hydrogen-bond acceptors (Lipinski definition) is 8. The minimum atomic E-state index is -0.477. The summed E-state index contributed by atoms with van der Waals surface area (Å²) in [6.45, 7) is 8.05. The van der Waals surface area contributed by atoms with Crippen LogP contribution < -0.4 is 0 Å². The third kappa shape index (κ3) is 4.42. The van der Waals surface area contributed by atoms with Gasteiger partial charge >= 0.3 is 11.9 Å². The molecule has 0 aromatic carbocycles. The standard InChI is InChI=1S/C30H28N4O4/c1-5-17-19-9-13-23(31-19)27(29(35)37-7-3)25-15-11-21(33-25)18(6-2)22-12-16-26(34-22)28(30(36)38-8-4)24-14-10-20(17)32-24/h9-16H,5-8H2,1-4H3. The van der Waals surface area contributed by atoms with Gasteiger partial charge in [-0.15, -0.1) is 0 Å². The minimum absolute atomic E-state index is 0.238. The Kier molecular flexibility index (Phi) is 6.96. The second-order valence-corrected chi connectivity index (χ2v) is 8.72. The van der Waals surface area contributed by atoms with Crippen LogP contribution in [-0.4, -0.2) is 48.0 Å². The molecule has 5 heterocycles. The van der Waals surface area contributed by atoms with Gasteiger partial charge in [-0.3, -0.25) is 0 Å². The summed E-state index contributed by atoms with van der Waals surface area (Å²) in [5.41, 5.74) is 7.11. The van der Waals surface area contributed by atoms with Crippen molar-refractivity contribution in [1.29, 1.82) is 0 Å². The van der Waals surface area contributed by atoms with Gasteiger partial charge in [0.25, 0.3) is 0 Å². The molecular formula is C30H28N4O4. The molecule has 0 radical (unpaired) electrons. The van der Waals surface area contributed by atoms with Gasteiger partial charge in [-0.05, 0) is 75.3 Å². The Morgan fingerprint density at radius 3 is 1.24 bits per heavy atom. The zero-order valence-corrected chi connectivity index (χ0v) is 21.9. The van der Waals surface area contributed by atoms with Crippen molar-refractivity contribution in [2.24, 2.45) is 20.0 Å². The lowest BCUT2D eigenvalue weighted by Crippen LogP contribution is -2.16. The number of hydrogen-bond donors (Lipinski definition) is 0. The average molecular weight is 509 g/mol. The summed E-state index contributed by atoms with van der Waals surface area (Å²) in [5.74, 6) is -0.953. The topological polar surface area (TPSA) is 102 Å². The van der Waals surface area contributed by atoms with Crippen LogP contribution in [0.1, 0.15) is 40.5 Å². The van der Waals surface area contributed by atoms with Crippen LogP contribution in [0.15, 0.2) is 114 Å². The molecular weight excluding hydrogens is 480 g/mol. The molecule has 5 aliphatic rings. The number of carbonyl (C=O) groups excluding carboxylic acids is 2. The summed E-state index contributed by atoms with van der Waals surface area (Å²) in [6, 6.07) is 0. The highest BCUT2D eigenvalue weighted by molar-refractivity contribution is 6.29. The molecule has 8 heteroatoms. The molecule has 0 saturated heterocycles. The second kappa shape index (κ2) is 10.5. The van der Waals surface area contributed by atoms with Crippen LogP contribution in [-0.2, 0) is 19.1 Å². The highest BCUT2D eigenvalue weighted by Crippen LogP contribution is 2.31.